The molecule has 0 saturated carbocycles. The summed E-state index contributed by atoms with van der Waals surface area (Å²) in [5, 5.41) is 2.56. The lowest BCUT2D eigenvalue weighted by molar-refractivity contribution is 0.249. The van der Waals surface area contributed by atoms with E-state index in [0.717, 1.165) is 12.5 Å². The Labute approximate surface area is 191 Å². The lowest BCUT2D eigenvalue weighted by Crippen LogP contribution is -2.60. The van der Waals surface area contributed by atoms with Gasteiger partial charge in [0.2, 0.25) is 0 Å². The minimum Gasteiger partial charge on any atom is -0.598 e. The topological polar surface area (TPSA) is 107 Å². The van der Waals surface area contributed by atoms with E-state index in [1.165, 1.54) is 0 Å². The average Bonchev–Trinajstić information content (AvgIpc) is 3.04. The van der Waals surface area contributed by atoms with Crippen molar-refractivity contribution in [2.24, 2.45) is 11.7 Å². The van der Waals surface area contributed by atoms with Gasteiger partial charge in [-0.05, 0) is 64.0 Å². The highest BCUT2D eigenvalue weighted by molar-refractivity contribution is 7.92. The van der Waals surface area contributed by atoms with Crippen LogP contribution in [-0.4, -0.2) is 53.4 Å². The molecule has 2 aliphatic heterocycles. The number of piperidine rings is 1. The van der Waals surface area contributed by atoms with Crippen LogP contribution in [0, 0.1) is 23.4 Å². The third-order valence-electron chi connectivity index (χ3n) is 6.33. The van der Waals surface area contributed by atoms with Crippen molar-refractivity contribution < 1.29 is 26.1 Å². The average molecular weight is 496 g/mol. The Kier molecular flexibility index (Phi) is 7.88. The highest BCUT2D eigenvalue weighted by atomic mass is 32.2. The number of nitrogens with two attached hydrogens (primary N) is 1. The molecule has 0 aromatic heterocycles. The normalized spacial score (nSPS) is 28.0. The van der Waals surface area contributed by atoms with Crippen LogP contribution in [0.2, 0.25) is 0 Å². The second-order valence-electron chi connectivity index (χ2n) is 9.73. The lowest BCUT2D eigenvalue weighted by Gasteiger charge is -2.42. The first-order valence-corrected chi connectivity index (χ1v) is 13.7. The molecule has 0 aliphatic carbocycles. The monoisotopic (exact) mass is 495 g/mol. The Hall–Kier alpha value is -0.850. The van der Waals surface area contributed by atoms with Crippen molar-refractivity contribution in [2.75, 3.05) is 12.3 Å². The number of nitrogens with one attached hydrogen (secondary N) is 2. The van der Waals surface area contributed by atoms with Gasteiger partial charge in [-0.2, -0.15) is 0 Å². The molecule has 6 nitrogen and oxygen atoms in total. The first-order valence-electron chi connectivity index (χ1n) is 10.8. The van der Waals surface area contributed by atoms with E-state index in [1.54, 1.807) is 20.8 Å². The van der Waals surface area contributed by atoms with Gasteiger partial charge in [-0.3, -0.25) is 0 Å². The van der Waals surface area contributed by atoms with Gasteiger partial charge in [0, 0.05) is 36.1 Å². The lowest BCUT2D eigenvalue weighted by atomic mass is 9.83. The summed E-state index contributed by atoms with van der Waals surface area (Å²) in [6.07, 6.45) is 1.85. The van der Waals surface area contributed by atoms with Gasteiger partial charge in [0.25, 0.3) is 0 Å². The van der Waals surface area contributed by atoms with E-state index < -0.39 is 60.6 Å². The van der Waals surface area contributed by atoms with Crippen LogP contribution >= 0.6 is 0 Å². The van der Waals surface area contributed by atoms with Gasteiger partial charge in [-0.25, -0.2) is 21.6 Å². The summed E-state index contributed by atoms with van der Waals surface area (Å²) < 4.78 is 83.5. The molecular weight excluding hydrogens is 463 g/mol. The molecule has 1 aromatic rings. The van der Waals surface area contributed by atoms with E-state index >= 15 is 0 Å². The standard InChI is InChI=1S/C21H32F3N3O3S2/c1-21(2,3)31(28)27-19(9-12-8-16(23)17(24)11-15(12)22)14-10-13-4-5-18(26-13)20(14)32(29,30)7-6-25/h8,11,13-14,18-20,26-27H,4-7,9-10,25H2,1-3H3/t13?,14?,18?,19-,20?,31?/m1/s1. The van der Waals surface area contributed by atoms with E-state index in [2.05, 4.69) is 10.0 Å². The molecule has 2 fully saturated rings. The van der Waals surface area contributed by atoms with Gasteiger partial charge in [-0.15, -0.1) is 4.72 Å². The molecule has 2 saturated heterocycles. The van der Waals surface area contributed by atoms with E-state index in [9.17, 15) is 26.1 Å². The molecule has 0 radical (unpaired) electrons. The number of rotatable bonds is 8. The van der Waals surface area contributed by atoms with Crippen LogP contribution in [-0.2, 0) is 27.6 Å². The van der Waals surface area contributed by atoms with Crippen molar-refractivity contribution in [3.05, 3.63) is 35.1 Å². The first kappa shape index (κ1) is 25.8. The second kappa shape index (κ2) is 9.79. The summed E-state index contributed by atoms with van der Waals surface area (Å²) in [5.41, 5.74) is 5.47. The van der Waals surface area contributed by atoms with Crippen molar-refractivity contribution in [3.63, 3.8) is 0 Å². The van der Waals surface area contributed by atoms with Crippen molar-refractivity contribution >= 4 is 21.2 Å². The Morgan fingerprint density at radius 1 is 1.22 bits per heavy atom. The Morgan fingerprint density at radius 3 is 2.50 bits per heavy atom. The molecule has 32 heavy (non-hydrogen) atoms. The minimum absolute atomic E-state index is 0.0223. The quantitative estimate of drug-likeness (QED) is 0.376. The molecule has 5 unspecified atom stereocenters. The van der Waals surface area contributed by atoms with E-state index in [-0.39, 0.29) is 36.4 Å². The van der Waals surface area contributed by atoms with Crippen LogP contribution in [0.15, 0.2) is 12.1 Å². The van der Waals surface area contributed by atoms with Crippen LogP contribution in [0.5, 0.6) is 0 Å². The number of benzene rings is 1. The molecule has 3 rings (SSSR count). The van der Waals surface area contributed by atoms with Crippen molar-refractivity contribution in [2.45, 2.75) is 74.6 Å². The summed E-state index contributed by atoms with van der Waals surface area (Å²) in [6.45, 7) is 5.27. The number of hydrogen-bond donors (Lipinski definition) is 3. The molecule has 0 amide bonds. The van der Waals surface area contributed by atoms with Gasteiger partial charge < -0.3 is 15.6 Å². The maximum atomic E-state index is 14.5. The molecule has 6 atom stereocenters. The smallest absolute Gasteiger partial charge is 0.161 e. The predicted octanol–water partition coefficient (Wildman–Crippen LogP) is 1.95. The fourth-order valence-electron chi connectivity index (χ4n) is 4.82. The maximum absolute atomic E-state index is 14.5. The summed E-state index contributed by atoms with van der Waals surface area (Å²) >= 11 is -1.59. The van der Waals surface area contributed by atoms with Crippen molar-refractivity contribution in [1.82, 2.24) is 10.0 Å². The minimum atomic E-state index is -3.61. The number of sulfone groups is 1. The third kappa shape index (κ3) is 5.61. The Morgan fingerprint density at radius 2 is 1.88 bits per heavy atom. The largest absolute Gasteiger partial charge is 0.598 e. The zero-order valence-corrected chi connectivity index (χ0v) is 20.2. The fraction of sp³-hybridized carbons (Fsp3) is 0.714. The number of halogens is 3. The fourth-order valence-corrected chi connectivity index (χ4v) is 7.85. The van der Waals surface area contributed by atoms with Crippen LogP contribution in [0.4, 0.5) is 13.2 Å². The Balaban J connectivity index is 2.01. The van der Waals surface area contributed by atoms with Crippen LogP contribution in [0.25, 0.3) is 0 Å². The van der Waals surface area contributed by atoms with E-state index in [0.29, 0.717) is 18.9 Å². The number of fused-ring (bicyclic) bond motifs is 2. The molecule has 11 heteroatoms. The SMILES string of the molecule is CC(C)(C)[S+]([O-])N[C@H](Cc1cc(F)c(F)cc1F)C1CC2CCC(N2)C1S(=O)(=O)CCN. The molecule has 2 bridgehead atoms. The predicted molar refractivity (Wildman–Crippen MR) is 120 cm³/mol. The van der Waals surface area contributed by atoms with Crippen LogP contribution in [0.1, 0.15) is 45.6 Å². The molecule has 0 spiro atoms. The van der Waals surface area contributed by atoms with Crippen LogP contribution in [0.3, 0.4) is 0 Å². The summed E-state index contributed by atoms with van der Waals surface area (Å²) in [7, 11) is -3.61. The molecular formula is C21H32F3N3O3S2. The van der Waals surface area contributed by atoms with E-state index in [4.69, 9.17) is 5.73 Å². The third-order valence-corrected chi connectivity index (χ3v) is 10.3. The molecule has 1 aromatic carbocycles. The van der Waals surface area contributed by atoms with Crippen molar-refractivity contribution in [3.8, 4) is 0 Å². The molecule has 182 valence electrons. The van der Waals surface area contributed by atoms with Gasteiger partial charge in [0.15, 0.2) is 21.5 Å². The Bertz CT molecular complexity index is 927. The van der Waals surface area contributed by atoms with Gasteiger partial charge in [0.1, 0.15) is 10.6 Å². The van der Waals surface area contributed by atoms with Crippen molar-refractivity contribution in [1.29, 1.82) is 0 Å². The maximum Gasteiger partial charge on any atom is 0.161 e. The molecule has 4 N–H and O–H groups in total. The zero-order valence-electron chi connectivity index (χ0n) is 18.5. The summed E-state index contributed by atoms with van der Waals surface area (Å²) in [6, 6.07) is 0.362. The van der Waals surface area contributed by atoms with E-state index in [1.807, 2.05) is 0 Å². The summed E-state index contributed by atoms with van der Waals surface area (Å²) in [5.74, 6) is -4.09. The van der Waals surface area contributed by atoms with Gasteiger partial charge in [0.05, 0.1) is 17.0 Å². The summed E-state index contributed by atoms with van der Waals surface area (Å²) in [4.78, 5) is 0. The second-order valence-corrected chi connectivity index (χ2v) is 14.0. The van der Waals surface area contributed by atoms with Gasteiger partial charge in [-0.1, -0.05) is 0 Å². The first-order chi connectivity index (χ1) is 14.8. The van der Waals surface area contributed by atoms with Gasteiger partial charge >= 0.3 is 0 Å². The number of hydrogen-bond acceptors (Lipinski definition) is 6. The zero-order chi connectivity index (χ0) is 23.8. The van der Waals surface area contributed by atoms with Crippen LogP contribution < -0.4 is 15.8 Å². The molecule has 2 aliphatic rings. The molecule has 2 heterocycles. The highest BCUT2D eigenvalue weighted by Gasteiger charge is 2.51. The highest BCUT2D eigenvalue weighted by Crippen LogP contribution is 2.39.